The van der Waals surface area contributed by atoms with Gasteiger partial charge in [-0.2, -0.15) is 13.2 Å². The molecule has 1 atom stereocenters. The molecule has 1 fully saturated rings. The van der Waals surface area contributed by atoms with Gasteiger partial charge in [0, 0.05) is 24.7 Å². The van der Waals surface area contributed by atoms with Crippen molar-refractivity contribution in [2.24, 2.45) is 0 Å². The molecule has 1 saturated heterocycles. The zero-order valence-corrected chi connectivity index (χ0v) is 14.3. The molecule has 2 aromatic carbocycles. The van der Waals surface area contributed by atoms with E-state index in [2.05, 4.69) is 10.2 Å². The summed E-state index contributed by atoms with van der Waals surface area (Å²) >= 11 is 0. The van der Waals surface area contributed by atoms with E-state index in [1.165, 1.54) is 12.1 Å². The average molecular weight is 362 g/mol. The number of halogens is 3. The van der Waals surface area contributed by atoms with Crippen LogP contribution in [0.1, 0.15) is 34.3 Å². The predicted molar refractivity (Wildman–Crippen MR) is 93.7 cm³/mol. The van der Waals surface area contributed by atoms with Gasteiger partial charge in [0.15, 0.2) is 0 Å². The van der Waals surface area contributed by atoms with Gasteiger partial charge in [0.25, 0.3) is 5.91 Å². The van der Waals surface area contributed by atoms with Crippen LogP contribution < -0.4 is 5.32 Å². The third-order valence-corrected chi connectivity index (χ3v) is 4.54. The van der Waals surface area contributed by atoms with Gasteiger partial charge in [0.1, 0.15) is 0 Å². The number of rotatable bonds is 4. The van der Waals surface area contributed by atoms with Gasteiger partial charge in [0.05, 0.1) is 5.56 Å². The second kappa shape index (κ2) is 7.91. The molecule has 0 saturated carbocycles. The summed E-state index contributed by atoms with van der Waals surface area (Å²) < 4.78 is 38.6. The summed E-state index contributed by atoms with van der Waals surface area (Å²) in [5.74, 6) is -0.114. The fourth-order valence-electron chi connectivity index (χ4n) is 3.28. The Hall–Kier alpha value is -2.34. The molecule has 2 aromatic rings. The van der Waals surface area contributed by atoms with Crippen LogP contribution in [-0.2, 0) is 12.7 Å². The number of nitrogens with zero attached hydrogens (tertiary/aromatic N) is 1. The number of piperidine rings is 1. The van der Waals surface area contributed by atoms with Crippen LogP contribution in [0.15, 0.2) is 54.6 Å². The number of carbonyl (C=O) groups excluding carboxylic acids is 1. The molecule has 1 amide bonds. The van der Waals surface area contributed by atoms with Crippen molar-refractivity contribution < 1.29 is 18.0 Å². The first-order valence-corrected chi connectivity index (χ1v) is 8.66. The molecular formula is C20H21F3N2O. The van der Waals surface area contributed by atoms with Crippen LogP contribution in [0, 0.1) is 0 Å². The van der Waals surface area contributed by atoms with Crippen LogP contribution >= 0.6 is 0 Å². The lowest BCUT2D eigenvalue weighted by atomic mass is 10.0. The molecule has 1 aliphatic rings. The van der Waals surface area contributed by atoms with Gasteiger partial charge in [-0.25, -0.2) is 0 Å². The smallest absolute Gasteiger partial charge is 0.348 e. The first-order valence-electron chi connectivity index (χ1n) is 8.66. The lowest BCUT2D eigenvalue weighted by molar-refractivity contribution is -0.137. The second-order valence-corrected chi connectivity index (χ2v) is 6.61. The van der Waals surface area contributed by atoms with E-state index in [4.69, 9.17) is 0 Å². The quantitative estimate of drug-likeness (QED) is 0.888. The summed E-state index contributed by atoms with van der Waals surface area (Å²) in [6, 6.07) is 14.5. The SMILES string of the molecule is O=C(N[C@@H]1CCCN(Cc2cccc(C(F)(F)F)c2)C1)c1ccccc1. The minimum atomic E-state index is -4.33. The molecule has 1 aliphatic heterocycles. The molecule has 1 heterocycles. The Morgan fingerprint density at radius 1 is 1.12 bits per heavy atom. The van der Waals surface area contributed by atoms with Crippen molar-refractivity contribution in [1.82, 2.24) is 10.2 Å². The number of benzene rings is 2. The van der Waals surface area contributed by atoms with E-state index in [9.17, 15) is 18.0 Å². The van der Waals surface area contributed by atoms with Gasteiger partial charge in [-0.15, -0.1) is 0 Å². The Morgan fingerprint density at radius 3 is 2.62 bits per heavy atom. The highest BCUT2D eigenvalue weighted by molar-refractivity contribution is 5.94. The van der Waals surface area contributed by atoms with Crippen molar-refractivity contribution in [1.29, 1.82) is 0 Å². The number of nitrogens with one attached hydrogen (secondary N) is 1. The molecule has 6 heteroatoms. The molecule has 0 radical (unpaired) electrons. The lowest BCUT2D eigenvalue weighted by Crippen LogP contribution is -2.47. The Labute approximate surface area is 150 Å². The molecule has 0 aromatic heterocycles. The normalized spacial score (nSPS) is 18.5. The summed E-state index contributed by atoms with van der Waals surface area (Å²) in [5, 5.41) is 3.03. The van der Waals surface area contributed by atoms with Crippen molar-refractivity contribution in [3.63, 3.8) is 0 Å². The highest BCUT2D eigenvalue weighted by Crippen LogP contribution is 2.30. The van der Waals surface area contributed by atoms with E-state index in [1.807, 2.05) is 18.2 Å². The summed E-state index contributed by atoms with van der Waals surface area (Å²) in [6.07, 6.45) is -2.56. The van der Waals surface area contributed by atoms with E-state index in [1.54, 1.807) is 18.2 Å². The summed E-state index contributed by atoms with van der Waals surface area (Å²) in [6.45, 7) is 1.89. The summed E-state index contributed by atoms with van der Waals surface area (Å²) in [7, 11) is 0. The van der Waals surface area contributed by atoms with Crippen molar-refractivity contribution in [3.8, 4) is 0 Å². The minimum Gasteiger partial charge on any atom is -0.348 e. The number of amides is 1. The van der Waals surface area contributed by atoms with Crippen molar-refractivity contribution >= 4 is 5.91 Å². The van der Waals surface area contributed by atoms with Crippen LogP contribution in [0.3, 0.4) is 0 Å². The highest BCUT2D eigenvalue weighted by atomic mass is 19.4. The minimum absolute atomic E-state index is 0.00209. The molecule has 138 valence electrons. The Kier molecular flexibility index (Phi) is 5.61. The van der Waals surface area contributed by atoms with E-state index >= 15 is 0 Å². The van der Waals surface area contributed by atoms with E-state index in [-0.39, 0.29) is 11.9 Å². The van der Waals surface area contributed by atoms with Crippen LogP contribution in [0.5, 0.6) is 0 Å². The molecule has 1 N–H and O–H groups in total. The van der Waals surface area contributed by atoms with Gasteiger partial charge in [-0.3, -0.25) is 9.69 Å². The standard InChI is InChI=1S/C20H21F3N2O/c21-20(22,23)17-9-4-6-15(12-17)13-25-11-5-10-18(14-25)24-19(26)16-7-2-1-3-8-16/h1-4,6-9,12,18H,5,10-11,13-14H2,(H,24,26)/t18-/m1/s1. The van der Waals surface area contributed by atoms with Crippen LogP contribution in [-0.4, -0.2) is 29.9 Å². The molecule has 0 spiro atoms. The molecule has 0 bridgehead atoms. The molecule has 0 unspecified atom stereocenters. The predicted octanol–water partition coefficient (Wildman–Crippen LogP) is 4.10. The van der Waals surface area contributed by atoms with Gasteiger partial charge in [-0.05, 0) is 43.1 Å². The zero-order chi connectivity index (χ0) is 18.6. The Bertz CT molecular complexity index is 746. The molecular weight excluding hydrogens is 341 g/mol. The topological polar surface area (TPSA) is 32.3 Å². The van der Waals surface area contributed by atoms with E-state index in [0.717, 1.165) is 25.5 Å². The second-order valence-electron chi connectivity index (χ2n) is 6.61. The fourth-order valence-corrected chi connectivity index (χ4v) is 3.28. The van der Waals surface area contributed by atoms with E-state index in [0.29, 0.717) is 24.2 Å². The molecule has 26 heavy (non-hydrogen) atoms. The first-order chi connectivity index (χ1) is 12.4. The third-order valence-electron chi connectivity index (χ3n) is 4.54. The average Bonchev–Trinajstić information content (AvgIpc) is 2.62. The molecule has 3 nitrogen and oxygen atoms in total. The first kappa shape index (κ1) is 18.5. The number of hydrogen-bond acceptors (Lipinski definition) is 2. The number of alkyl halides is 3. The highest BCUT2D eigenvalue weighted by Gasteiger charge is 2.30. The van der Waals surface area contributed by atoms with Gasteiger partial charge in [0.2, 0.25) is 0 Å². The van der Waals surface area contributed by atoms with Crippen LogP contribution in [0.2, 0.25) is 0 Å². The number of carbonyl (C=O) groups is 1. The van der Waals surface area contributed by atoms with Crippen LogP contribution in [0.4, 0.5) is 13.2 Å². The lowest BCUT2D eigenvalue weighted by Gasteiger charge is -2.33. The fraction of sp³-hybridized carbons (Fsp3) is 0.350. The van der Waals surface area contributed by atoms with Crippen molar-refractivity contribution in [3.05, 3.63) is 71.3 Å². The third kappa shape index (κ3) is 4.85. The summed E-state index contributed by atoms with van der Waals surface area (Å²) in [5.41, 5.74) is 0.623. The Morgan fingerprint density at radius 2 is 1.88 bits per heavy atom. The maximum Gasteiger partial charge on any atom is 0.416 e. The van der Waals surface area contributed by atoms with E-state index < -0.39 is 11.7 Å². The van der Waals surface area contributed by atoms with Crippen molar-refractivity contribution in [2.75, 3.05) is 13.1 Å². The molecule has 3 rings (SSSR count). The maximum atomic E-state index is 12.9. The maximum absolute atomic E-state index is 12.9. The van der Waals surface area contributed by atoms with Gasteiger partial charge < -0.3 is 5.32 Å². The monoisotopic (exact) mass is 362 g/mol. The van der Waals surface area contributed by atoms with Gasteiger partial charge >= 0.3 is 6.18 Å². The number of likely N-dealkylation sites (tertiary alicyclic amines) is 1. The summed E-state index contributed by atoms with van der Waals surface area (Å²) in [4.78, 5) is 14.4. The van der Waals surface area contributed by atoms with Crippen molar-refractivity contribution in [2.45, 2.75) is 31.6 Å². The number of hydrogen-bond donors (Lipinski definition) is 1. The largest absolute Gasteiger partial charge is 0.416 e. The van der Waals surface area contributed by atoms with Crippen LogP contribution in [0.25, 0.3) is 0 Å². The van der Waals surface area contributed by atoms with Gasteiger partial charge in [-0.1, -0.05) is 36.4 Å². The zero-order valence-electron chi connectivity index (χ0n) is 14.3. The Balaban J connectivity index is 1.60. The molecule has 0 aliphatic carbocycles.